The first-order valence-corrected chi connectivity index (χ1v) is 8.36. The monoisotopic (exact) mass is 316 g/mol. The second-order valence-electron chi connectivity index (χ2n) is 6.93. The molecule has 0 spiro atoms. The third-order valence-corrected chi connectivity index (χ3v) is 5.26. The van der Waals surface area contributed by atoms with Crippen molar-refractivity contribution < 1.29 is 14.7 Å². The van der Waals surface area contributed by atoms with Gasteiger partial charge in [-0.2, -0.15) is 0 Å². The van der Waals surface area contributed by atoms with Gasteiger partial charge in [0.15, 0.2) is 0 Å². The maximum Gasteiger partial charge on any atom is 0.251 e. The highest BCUT2D eigenvalue weighted by Gasteiger charge is 2.39. The van der Waals surface area contributed by atoms with Crippen LogP contribution in [0.5, 0.6) is 0 Å². The molecular formula is C18H24N2O3. The number of carbonyl (C=O) groups excluding carboxylic acids is 2. The first kappa shape index (κ1) is 16.0. The molecule has 2 N–H and O–H groups in total. The van der Waals surface area contributed by atoms with Gasteiger partial charge < -0.3 is 15.3 Å². The van der Waals surface area contributed by atoms with Crippen LogP contribution in [-0.4, -0.2) is 36.1 Å². The molecule has 3 rings (SSSR count). The molecule has 2 fully saturated rings. The molecule has 2 amide bonds. The Hall–Kier alpha value is -1.88. The van der Waals surface area contributed by atoms with Gasteiger partial charge in [-0.3, -0.25) is 9.59 Å². The van der Waals surface area contributed by atoms with Crippen LogP contribution in [0.25, 0.3) is 0 Å². The Morgan fingerprint density at radius 1 is 1.35 bits per heavy atom. The van der Waals surface area contributed by atoms with Crippen LogP contribution in [-0.2, 0) is 4.79 Å². The topological polar surface area (TPSA) is 69.6 Å². The second kappa shape index (κ2) is 6.32. The molecule has 23 heavy (non-hydrogen) atoms. The van der Waals surface area contributed by atoms with Gasteiger partial charge >= 0.3 is 0 Å². The van der Waals surface area contributed by atoms with Crippen molar-refractivity contribution in [1.29, 1.82) is 0 Å². The highest BCUT2D eigenvalue weighted by molar-refractivity contribution is 5.97. The Balaban J connectivity index is 1.67. The lowest BCUT2D eigenvalue weighted by molar-refractivity contribution is -0.117. The Morgan fingerprint density at radius 3 is 2.70 bits per heavy atom. The standard InChI is InChI=1S/C18H24N2O3/c1-18(12-21)10-2-4-15(18)19-17(23)13-6-8-14(9-7-13)20-11-3-5-16(20)22/h6-9,15,21H,2-5,10-12H2,1H3,(H,19,23). The van der Waals surface area contributed by atoms with E-state index in [1.54, 1.807) is 17.0 Å². The molecule has 1 saturated carbocycles. The molecule has 2 unspecified atom stereocenters. The lowest BCUT2D eigenvalue weighted by Gasteiger charge is -2.30. The van der Waals surface area contributed by atoms with Crippen LogP contribution < -0.4 is 10.2 Å². The molecule has 1 aliphatic heterocycles. The molecule has 1 heterocycles. The molecule has 1 saturated heterocycles. The molecular weight excluding hydrogens is 292 g/mol. The number of amides is 2. The van der Waals surface area contributed by atoms with Gasteiger partial charge in [-0.1, -0.05) is 13.3 Å². The van der Waals surface area contributed by atoms with E-state index in [1.165, 1.54) is 0 Å². The van der Waals surface area contributed by atoms with E-state index < -0.39 is 0 Å². The van der Waals surface area contributed by atoms with Gasteiger partial charge in [0.1, 0.15) is 0 Å². The normalized spacial score (nSPS) is 27.5. The first-order valence-electron chi connectivity index (χ1n) is 8.36. The van der Waals surface area contributed by atoms with Crippen molar-refractivity contribution in [2.75, 3.05) is 18.1 Å². The van der Waals surface area contributed by atoms with Gasteiger partial charge in [-0.15, -0.1) is 0 Å². The summed E-state index contributed by atoms with van der Waals surface area (Å²) in [6.07, 6.45) is 4.36. The number of benzene rings is 1. The molecule has 5 nitrogen and oxygen atoms in total. The minimum Gasteiger partial charge on any atom is -0.396 e. The fourth-order valence-corrected chi connectivity index (χ4v) is 3.62. The van der Waals surface area contributed by atoms with Crippen LogP contribution in [0.4, 0.5) is 5.69 Å². The van der Waals surface area contributed by atoms with Crippen molar-refractivity contribution in [3.8, 4) is 0 Å². The quantitative estimate of drug-likeness (QED) is 0.893. The highest BCUT2D eigenvalue weighted by Crippen LogP contribution is 2.37. The molecule has 1 aliphatic carbocycles. The number of hydrogen-bond donors (Lipinski definition) is 2. The summed E-state index contributed by atoms with van der Waals surface area (Å²) in [5.41, 5.74) is 1.22. The van der Waals surface area contributed by atoms with Gasteiger partial charge in [-0.05, 0) is 43.5 Å². The Morgan fingerprint density at radius 2 is 2.09 bits per heavy atom. The van der Waals surface area contributed by atoms with Gasteiger partial charge in [0, 0.05) is 35.7 Å². The molecule has 2 atom stereocenters. The second-order valence-corrected chi connectivity index (χ2v) is 6.93. The van der Waals surface area contributed by atoms with E-state index in [-0.39, 0.29) is 29.9 Å². The molecule has 1 aromatic rings. The summed E-state index contributed by atoms with van der Waals surface area (Å²) in [5.74, 6) is 0.0303. The van der Waals surface area contributed by atoms with E-state index in [9.17, 15) is 14.7 Å². The number of nitrogens with zero attached hydrogens (tertiary/aromatic N) is 1. The van der Waals surface area contributed by atoms with Crippen molar-refractivity contribution in [2.45, 2.75) is 45.1 Å². The minimum absolute atomic E-state index is 0.0137. The van der Waals surface area contributed by atoms with E-state index in [0.29, 0.717) is 12.0 Å². The third kappa shape index (κ3) is 3.11. The first-order chi connectivity index (χ1) is 11.0. The minimum atomic E-state index is -0.225. The summed E-state index contributed by atoms with van der Waals surface area (Å²) in [7, 11) is 0. The van der Waals surface area contributed by atoms with Gasteiger partial charge in [-0.25, -0.2) is 0 Å². The molecule has 0 bridgehead atoms. The number of aliphatic hydroxyl groups excluding tert-OH is 1. The highest BCUT2D eigenvalue weighted by atomic mass is 16.3. The van der Waals surface area contributed by atoms with Crippen LogP contribution in [0.1, 0.15) is 49.4 Å². The maximum atomic E-state index is 12.4. The van der Waals surface area contributed by atoms with Crippen molar-refractivity contribution >= 4 is 17.5 Å². The van der Waals surface area contributed by atoms with Crippen molar-refractivity contribution in [1.82, 2.24) is 5.32 Å². The maximum absolute atomic E-state index is 12.4. The molecule has 1 aromatic carbocycles. The zero-order valence-electron chi connectivity index (χ0n) is 13.5. The predicted octanol–water partition coefficient (Wildman–Crippen LogP) is 2.09. The number of hydrogen-bond acceptors (Lipinski definition) is 3. The van der Waals surface area contributed by atoms with E-state index >= 15 is 0 Å². The lowest BCUT2D eigenvalue weighted by atomic mass is 9.85. The number of anilines is 1. The lowest BCUT2D eigenvalue weighted by Crippen LogP contribution is -2.44. The molecule has 0 radical (unpaired) electrons. The summed E-state index contributed by atoms with van der Waals surface area (Å²) in [5, 5.41) is 12.6. The van der Waals surface area contributed by atoms with E-state index in [1.807, 2.05) is 19.1 Å². The molecule has 2 aliphatic rings. The molecule has 0 aromatic heterocycles. The van der Waals surface area contributed by atoms with Crippen LogP contribution in [0.2, 0.25) is 0 Å². The van der Waals surface area contributed by atoms with Crippen molar-refractivity contribution in [3.05, 3.63) is 29.8 Å². The number of carbonyl (C=O) groups is 2. The van der Waals surface area contributed by atoms with Gasteiger partial charge in [0.2, 0.25) is 5.91 Å². The SMILES string of the molecule is CC1(CO)CCCC1NC(=O)c1ccc(N2CCCC2=O)cc1. The van der Waals surface area contributed by atoms with Gasteiger partial charge in [0.25, 0.3) is 5.91 Å². The molecule has 5 heteroatoms. The Labute approximate surface area is 136 Å². The smallest absolute Gasteiger partial charge is 0.251 e. The fraction of sp³-hybridized carbons (Fsp3) is 0.556. The summed E-state index contributed by atoms with van der Waals surface area (Å²) in [4.78, 5) is 25.9. The number of aliphatic hydroxyl groups is 1. The summed E-state index contributed by atoms with van der Waals surface area (Å²) in [6.45, 7) is 2.86. The van der Waals surface area contributed by atoms with Crippen LogP contribution in [0, 0.1) is 5.41 Å². The number of nitrogens with one attached hydrogen (secondary N) is 1. The summed E-state index contributed by atoms with van der Waals surface area (Å²) < 4.78 is 0. The predicted molar refractivity (Wildman–Crippen MR) is 88.3 cm³/mol. The summed E-state index contributed by atoms with van der Waals surface area (Å²) in [6, 6.07) is 7.21. The summed E-state index contributed by atoms with van der Waals surface area (Å²) >= 11 is 0. The van der Waals surface area contributed by atoms with E-state index in [4.69, 9.17) is 0 Å². The average molecular weight is 316 g/mol. The third-order valence-electron chi connectivity index (χ3n) is 5.26. The van der Waals surface area contributed by atoms with Crippen LogP contribution >= 0.6 is 0 Å². The van der Waals surface area contributed by atoms with E-state index in [2.05, 4.69) is 5.32 Å². The van der Waals surface area contributed by atoms with Crippen molar-refractivity contribution in [3.63, 3.8) is 0 Å². The van der Waals surface area contributed by atoms with Crippen LogP contribution in [0.15, 0.2) is 24.3 Å². The molecule has 124 valence electrons. The fourth-order valence-electron chi connectivity index (χ4n) is 3.62. The van der Waals surface area contributed by atoms with Crippen molar-refractivity contribution in [2.24, 2.45) is 5.41 Å². The Kier molecular flexibility index (Phi) is 4.39. The Bertz CT molecular complexity index is 599. The van der Waals surface area contributed by atoms with Crippen LogP contribution in [0.3, 0.4) is 0 Å². The zero-order valence-corrected chi connectivity index (χ0v) is 13.5. The van der Waals surface area contributed by atoms with Gasteiger partial charge in [0.05, 0.1) is 6.61 Å². The number of rotatable bonds is 4. The van der Waals surface area contributed by atoms with E-state index in [0.717, 1.165) is 37.9 Å². The zero-order chi connectivity index (χ0) is 16.4. The average Bonchev–Trinajstić information content (AvgIpc) is 3.14. The largest absolute Gasteiger partial charge is 0.396 e.